The minimum atomic E-state index is -4.46. The molecule has 3 fully saturated rings. The van der Waals surface area contributed by atoms with Gasteiger partial charge in [-0.05, 0) is 79.3 Å². The van der Waals surface area contributed by atoms with Crippen molar-refractivity contribution < 1.29 is 22.8 Å². The number of piperidine rings is 1. The molecule has 186 valence electrons. The van der Waals surface area contributed by atoms with E-state index in [9.17, 15) is 22.8 Å². The van der Waals surface area contributed by atoms with Gasteiger partial charge in [0.2, 0.25) is 5.91 Å². The summed E-state index contributed by atoms with van der Waals surface area (Å²) >= 11 is 0. The molecule has 5 nitrogen and oxygen atoms in total. The third kappa shape index (κ3) is 5.42. The summed E-state index contributed by atoms with van der Waals surface area (Å²) in [5.74, 6) is 1.12. The average molecular weight is 486 g/mol. The number of alkyl halides is 3. The highest BCUT2D eigenvalue weighted by molar-refractivity contribution is 5.94. The predicted octanol–water partition coefficient (Wildman–Crippen LogP) is 5.29. The number of benzene rings is 1. The number of ketones is 1. The molecular weight excluding hydrogens is 455 g/mol. The van der Waals surface area contributed by atoms with Gasteiger partial charge < -0.3 is 5.32 Å². The van der Waals surface area contributed by atoms with Crippen molar-refractivity contribution in [3.63, 3.8) is 0 Å². The first-order chi connectivity index (χ1) is 16.8. The number of carbonyl (C=O) groups excluding carboxylic acids is 2. The molecular formula is C27H30F3N3O2. The molecule has 1 amide bonds. The lowest BCUT2D eigenvalue weighted by molar-refractivity contribution is -0.137. The fraction of sp³-hybridized carbons (Fsp3) is 0.519. The van der Waals surface area contributed by atoms with Gasteiger partial charge in [0.25, 0.3) is 0 Å². The van der Waals surface area contributed by atoms with Crippen molar-refractivity contribution in [2.75, 3.05) is 18.4 Å². The Morgan fingerprint density at radius 3 is 2.31 bits per heavy atom. The van der Waals surface area contributed by atoms with Gasteiger partial charge in [-0.1, -0.05) is 6.07 Å². The van der Waals surface area contributed by atoms with Crippen LogP contribution in [0.2, 0.25) is 0 Å². The number of halogens is 3. The SMILES string of the molecule is O=C(CCC(=O)C1[C@H]2CN(C3CCC(c4ccncc4)CC3)C[C@@H]12)Nc1cccc(C(F)(F)F)c1. The zero-order valence-electron chi connectivity index (χ0n) is 19.5. The normalized spacial score (nSPS) is 28.4. The third-order valence-corrected chi connectivity index (χ3v) is 8.06. The Kier molecular flexibility index (Phi) is 6.66. The maximum atomic E-state index is 12.8. The van der Waals surface area contributed by atoms with Gasteiger partial charge in [-0.15, -0.1) is 0 Å². The Hall–Kier alpha value is -2.74. The van der Waals surface area contributed by atoms with E-state index in [1.807, 2.05) is 12.4 Å². The molecule has 0 spiro atoms. The summed E-state index contributed by atoms with van der Waals surface area (Å²) in [5.41, 5.74) is 0.660. The zero-order valence-corrected chi connectivity index (χ0v) is 19.5. The molecule has 5 rings (SSSR count). The van der Waals surface area contributed by atoms with Crippen LogP contribution in [0.5, 0.6) is 0 Å². The molecule has 0 bridgehead atoms. The first kappa shape index (κ1) is 24.0. The second-order valence-electron chi connectivity index (χ2n) is 10.2. The molecule has 2 aromatic rings. The minimum absolute atomic E-state index is 0.00620. The summed E-state index contributed by atoms with van der Waals surface area (Å²) in [7, 11) is 0. The third-order valence-electron chi connectivity index (χ3n) is 8.06. The van der Waals surface area contributed by atoms with Crippen molar-refractivity contribution in [2.24, 2.45) is 17.8 Å². The number of nitrogens with one attached hydrogen (secondary N) is 1. The number of fused-ring (bicyclic) bond motifs is 1. The number of Topliss-reactive ketones (excluding diaryl/α,β-unsaturated/α-hetero) is 1. The highest BCUT2D eigenvalue weighted by Crippen LogP contribution is 2.54. The van der Waals surface area contributed by atoms with Crippen LogP contribution in [0, 0.1) is 17.8 Å². The lowest BCUT2D eigenvalue weighted by Gasteiger charge is -2.36. The lowest BCUT2D eigenvalue weighted by atomic mass is 9.81. The van der Waals surface area contributed by atoms with E-state index in [1.54, 1.807) is 0 Å². The first-order valence-electron chi connectivity index (χ1n) is 12.4. The number of anilines is 1. The van der Waals surface area contributed by atoms with Crippen molar-refractivity contribution in [2.45, 2.75) is 56.7 Å². The molecule has 3 aliphatic rings. The highest BCUT2D eigenvalue weighted by Gasteiger charge is 2.59. The number of aromatic nitrogens is 1. The maximum absolute atomic E-state index is 12.8. The van der Waals surface area contributed by atoms with Gasteiger partial charge >= 0.3 is 6.18 Å². The molecule has 2 saturated carbocycles. The van der Waals surface area contributed by atoms with Crippen LogP contribution in [0.4, 0.5) is 18.9 Å². The molecule has 1 saturated heterocycles. The molecule has 1 N–H and O–H groups in total. The Morgan fingerprint density at radius 1 is 0.971 bits per heavy atom. The number of nitrogens with zero attached hydrogens (tertiary/aromatic N) is 2. The van der Waals surface area contributed by atoms with Gasteiger partial charge in [-0.3, -0.25) is 19.5 Å². The number of pyridine rings is 1. The molecule has 0 radical (unpaired) electrons. The summed E-state index contributed by atoms with van der Waals surface area (Å²) in [5, 5.41) is 2.48. The Balaban J connectivity index is 1.03. The van der Waals surface area contributed by atoms with Crippen LogP contribution in [-0.2, 0) is 15.8 Å². The van der Waals surface area contributed by atoms with E-state index >= 15 is 0 Å². The first-order valence-corrected chi connectivity index (χ1v) is 12.4. The van der Waals surface area contributed by atoms with E-state index < -0.39 is 17.6 Å². The number of hydrogen-bond acceptors (Lipinski definition) is 4. The number of rotatable bonds is 7. The molecule has 8 heteroatoms. The largest absolute Gasteiger partial charge is 0.416 e. The Morgan fingerprint density at radius 2 is 1.66 bits per heavy atom. The Labute approximate surface area is 203 Å². The number of carbonyl (C=O) groups is 2. The predicted molar refractivity (Wildman–Crippen MR) is 126 cm³/mol. The van der Waals surface area contributed by atoms with Crippen molar-refractivity contribution >= 4 is 17.4 Å². The van der Waals surface area contributed by atoms with Gasteiger partial charge in [0.1, 0.15) is 5.78 Å². The smallest absolute Gasteiger partial charge is 0.326 e. The van der Waals surface area contributed by atoms with Crippen molar-refractivity contribution in [3.8, 4) is 0 Å². The topological polar surface area (TPSA) is 62.3 Å². The summed E-state index contributed by atoms with van der Waals surface area (Å²) in [6.07, 6.45) is 4.12. The molecule has 35 heavy (non-hydrogen) atoms. The highest BCUT2D eigenvalue weighted by atomic mass is 19.4. The van der Waals surface area contributed by atoms with E-state index in [-0.39, 0.29) is 30.2 Å². The number of likely N-dealkylation sites (tertiary alicyclic amines) is 1. The Bertz CT molecular complexity index is 1050. The van der Waals surface area contributed by atoms with Crippen LogP contribution in [0.15, 0.2) is 48.8 Å². The fourth-order valence-electron chi connectivity index (χ4n) is 6.14. The van der Waals surface area contributed by atoms with Gasteiger partial charge in [0, 0.05) is 56.0 Å². The zero-order chi connectivity index (χ0) is 24.6. The quantitative estimate of drug-likeness (QED) is 0.579. The summed E-state index contributed by atoms with van der Waals surface area (Å²) in [6, 6.07) is 9.37. The van der Waals surface area contributed by atoms with Crippen LogP contribution in [0.3, 0.4) is 0 Å². The van der Waals surface area contributed by atoms with Crippen LogP contribution in [0.25, 0.3) is 0 Å². The van der Waals surface area contributed by atoms with Gasteiger partial charge in [0.05, 0.1) is 5.56 Å². The lowest BCUT2D eigenvalue weighted by Crippen LogP contribution is -2.38. The minimum Gasteiger partial charge on any atom is -0.326 e. The van der Waals surface area contributed by atoms with Gasteiger partial charge in [-0.25, -0.2) is 0 Å². The maximum Gasteiger partial charge on any atom is 0.416 e. The summed E-state index contributed by atoms with van der Waals surface area (Å²) in [4.78, 5) is 31.6. The second kappa shape index (κ2) is 9.72. The second-order valence-corrected chi connectivity index (χ2v) is 10.2. The van der Waals surface area contributed by atoms with E-state index in [0.717, 1.165) is 25.2 Å². The van der Waals surface area contributed by atoms with Gasteiger partial charge in [0.15, 0.2) is 0 Å². The van der Waals surface area contributed by atoms with Crippen molar-refractivity contribution in [1.82, 2.24) is 9.88 Å². The van der Waals surface area contributed by atoms with Gasteiger partial charge in [-0.2, -0.15) is 13.2 Å². The van der Waals surface area contributed by atoms with Crippen LogP contribution >= 0.6 is 0 Å². The summed E-state index contributed by atoms with van der Waals surface area (Å²) < 4.78 is 38.5. The monoisotopic (exact) mass is 485 g/mol. The molecule has 3 atom stereocenters. The average Bonchev–Trinajstić information content (AvgIpc) is 3.36. The molecule has 2 aliphatic carbocycles. The standard InChI is InChI=1S/C27H30F3N3O2/c28-27(29,30)19-2-1-3-20(14-19)32-25(35)9-8-24(34)26-22-15-33(16-23(22)26)21-6-4-17(5-7-21)18-10-12-31-13-11-18/h1-3,10-14,17,21-23,26H,4-9,15-16H2,(H,32,35)/t17?,21?,22-,23+,26?. The van der Waals surface area contributed by atoms with E-state index in [0.29, 0.717) is 23.8 Å². The van der Waals surface area contributed by atoms with E-state index in [2.05, 4.69) is 27.3 Å². The fourth-order valence-corrected chi connectivity index (χ4v) is 6.14. The van der Waals surface area contributed by atoms with Crippen LogP contribution in [-0.4, -0.2) is 40.7 Å². The molecule has 1 aromatic heterocycles. The molecule has 1 aromatic carbocycles. The van der Waals surface area contributed by atoms with Crippen LogP contribution in [0.1, 0.15) is 55.6 Å². The molecule has 1 unspecified atom stereocenters. The van der Waals surface area contributed by atoms with E-state index in [4.69, 9.17) is 0 Å². The van der Waals surface area contributed by atoms with Crippen molar-refractivity contribution in [1.29, 1.82) is 0 Å². The molecule has 1 aliphatic heterocycles. The number of amides is 1. The van der Waals surface area contributed by atoms with Crippen molar-refractivity contribution in [3.05, 3.63) is 59.9 Å². The summed E-state index contributed by atoms with van der Waals surface area (Å²) in [6.45, 7) is 1.92. The number of hydrogen-bond donors (Lipinski definition) is 1. The molecule has 2 heterocycles. The van der Waals surface area contributed by atoms with Crippen LogP contribution < -0.4 is 5.32 Å². The van der Waals surface area contributed by atoms with E-state index in [1.165, 1.54) is 43.4 Å².